The van der Waals surface area contributed by atoms with Gasteiger partial charge in [0.1, 0.15) is 5.69 Å². The van der Waals surface area contributed by atoms with Crippen molar-refractivity contribution in [3.63, 3.8) is 0 Å². The van der Waals surface area contributed by atoms with E-state index in [9.17, 15) is 27.6 Å². The maximum atomic E-state index is 13.9. The summed E-state index contributed by atoms with van der Waals surface area (Å²) in [5.41, 5.74) is 5.08. The van der Waals surface area contributed by atoms with Crippen LogP contribution in [-0.4, -0.2) is 65.6 Å². The SMILES string of the molecule is CN(C(=O)CN1CCCC1)c1ccc(N2CCc3c(C(F)(F)F)nn(-c4cccc(C(N)=O)c4)c3C2=O)cc1. The summed E-state index contributed by atoms with van der Waals surface area (Å²) in [7, 11) is 1.68. The van der Waals surface area contributed by atoms with Crippen molar-refractivity contribution in [2.75, 3.05) is 43.0 Å². The lowest BCUT2D eigenvalue weighted by atomic mass is 10.0. The van der Waals surface area contributed by atoms with E-state index in [2.05, 4.69) is 10.00 Å². The van der Waals surface area contributed by atoms with Crippen LogP contribution in [0.15, 0.2) is 48.5 Å². The van der Waals surface area contributed by atoms with Crippen LogP contribution in [0.25, 0.3) is 5.69 Å². The number of likely N-dealkylation sites (tertiary alicyclic amines) is 1. The molecule has 1 saturated heterocycles. The summed E-state index contributed by atoms with van der Waals surface area (Å²) in [5, 5.41) is 3.75. The van der Waals surface area contributed by atoms with Crippen LogP contribution >= 0.6 is 0 Å². The summed E-state index contributed by atoms with van der Waals surface area (Å²) in [6.45, 7) is 2.15. The molecular weight excluding hydrogens is 513 g/mol. The maximum Gasteiger partial charge on any atom is 0.435 e. The number of likely N-dealkylation sites (N-methyl/N-ethyl adjacent to an activating group) is 1. The maximum absolute atomic E-state index is 13.9. The summed E-state index contributed by atoms with van der Waals surface area (Å²) in [6, 6.07) is 12.4. The van der Waals surface area contributed by atoms with Gasteiger partial charge in [-0.25, -0.2) is 4.68 Å². The Hall–Kier alpha value is -4.19. The Labute approximate surface area is 222 Å². The lowest BCUT2D eigenvalue weighted by Crippen LogP contribution is -2.39. The predicted molar refractivity (Wildman–Crippen MR) is 138 cm³/mol. The van der Waals surface area contributed by atoms with Crippen molar-refractivity contribution in [2.24, 2.45) is 5.73 Å². The quantitative estimate of drug-likeness (QED) is 0.517. The van der Waals surface area contributed by atoms with Crippen LogP contribution < -0.4 is 15.5 Å². The van der Waals surface area contributed by atoms with Crippen LogP contribution in [0.2, 0.25) is 0 Å². The molecule has 0 radical (unpaired) electrons. The third-order valence-corrected chi connectivity index (χ3v) is 7.14. The summed E-state index contributed by atoms with van der Waals surface area (Å²) >= 11 is 0. The smallest absolute Gasteiger partial charge is 0.366 e. The minimum absolute atomic E-state index is 0.0189. The Bertz CT molecular complexity index is 1430. The molecule has 3 heterocycles. The summed E-state index contributed by atoms with van der Waals surface area (Å²) in [4.78, 5) is 43.0. The molecule has 3 aromatic rings. The molecule has 0 atom stereocenters. The van der Waals surface area contributed by atoms with Crippen molar-refractivity contribution in [3.8, 4) is 5.69 Å². The van der Waals surface area contributed by atoms with Gasteiger partial charge in [-0.3, -0.25) is 19.3 Å². The Morgan fingerprint density at radius 1 is 1.03 bits per heavy atom. The van der Waals surface area contributed by atoms with E-state index < -0.39 is 23.7 Å². The van der Waals surface area contributed by atoms with Crippen LogP contribution in [0.1, 0.15) is 44.9 Å². The molecule has 2 aliphatic heterocycles. The number of carbonyl (C=O) groups excluding carboxylic acids is 3. The summed E-state index contributed by atoms with van der Waals surface area (Å²) in [5.74, 6) is -1.47. The molecule has 3 amide bonds. The third kappa shape index (κ3) is 5.11. The molecule has 5 rings (SSSR count). The van der Waals surface area contributed by atoms with Crippen LogP contribution in [0.5, 0.6) is 0 Å². The average Bonchev–Trinajstić information content (AvgIpc) is 3.57. The second-order valence-electron chi connectivity index (χ2n) is 9.66. The van der Waals surface area contributed by atoms with Crippen LogP contribution in [0.3, 0.4) is 0 Å². The molecule has 204 valence electrons. The van der Waals surface area contributed by atoms with E-state index in [1.54, 1.807) is 36.2 Å². The van der Waals surface area contributed by atoms with Crippen molar-refractivity contribution in [2.45, 2.75) is 25.4 Å². The highest BCUT2D eigenvalue weighted by Crippen LogP contribution is 2.37. The highest BCUT2D eigenvalue weighted by molar-refractivity contribution is 6.08. The summed E-state index contributed by atoms with van der Waals surface area (Å²) < 4.78 is 42.5. The van der Waals surface area contributed by atoms with Gasteiger partial charge in [0.15, 0.2) is 5.69 Å². The van der Waals surface area contributed by atoms with Crippen molar-refractivity contribution in [3.05, 3.63) is 71.0 Å². The monoisotopic (exact) mass is 540 g/mol. The van der Waals surface area contributed by atoms with Gasteiger partial charge in [0, 0.05) is 36.1 Å². The number of hydrogen-bond acceptors (Lipinski definition) is 5. The number of nitrogens with zero attached hydrogens (tertiary/aromatic N) is 5. The number of benzene rings is 2. The predicted octanol–water partition coefficient (Wildman–Crippen LogP) is 3.25. The second-order valence-corrected chi connectivity index (χ2v) is 9.66. The van der Waals surface area contributed by atoms with Crippen molar-refractivity contribution >= 4 is 29.1 Å². The van der Waals surface area contributed by atoms with Gasteiger partial charge in [0.2, 0.25) is 11.8 Å². The first kappa shape index (κ1) is 26.4. The number of primary amides is 1. The van der Waals surface area contributed by atoms with E-state index >= 15 is 0 Å². The molecule has 39 heavy (non-hydrogen) atoms. The number of fused-ring (bicyclic) bond motifs is 1. The van der Waals surface area contributed by atoms with Gasteiger partial charge in [-0.15, -0.1) is 0 Å². The first-order valence-corrected chi connectivity index (χ1v) is 12.5. The Morgan fingerprint density at radius 3 is 2.36 bits per heavy atom. The van der Waals surface area contributed by atoms with Crippen molar-refractivity contribution in [1.29, 1.82) is 0 Å². The van der Waals surface area contributed by atoms with E-state index in [0.29, 0.717) is 17.9 Å². The van der Waals surface area contributed by atoms with Gasteiger partial charge in [-0.1, -0.05) is 6.07 Å². The minimum atomic E-state index is -4.77. The van der Waals surface area contributed by atoms with Gasteiger partial charge in [0.05, 0.1) is 12.2 Å². The number of hydrogen-bond donors (Lipinski definition) is 1. The molecule has 0 unspecified atom stereocenters. The second kappa shape index (κ2) is 10.2. The van der Waals surface area contributed by atoms with Crippen LogP contribution in [-0.2, 0) is 17.4 Å². The van der Waals surface area contributed by atoms with Gasteiger partial charge in [0.25, 0.3) is 5.91 Å². The van der Waals surface area contributed by atoms with Crippen molar-refractivity contribution < 1.29 is 27.6 Å². The zero-order valence-corrected chi connectivity index (χ0v) is 21.2. The van der Waals surface area contributed by atoms with Gasteiger partial charge >= 0.3 is 6.18 Å². The highest BCUT2D eigenvalue weighted by Gasteiger charge is 2.43. The zero-order valence-electron chi connectivity index (χ0n) is 21.2. The molecule has 0 aliphatic carbocycles. The number of amides is 3. The number of carbonyl (C=O) groups is 3. The number of anilines is 2. The van der Waals surface area contributed by atoms with Crippen LogP contribution in [0.4, 0.5) is 24.5 Å². The van der Waals surface area contributed by atoms with E-state index in [1.165, 1.54) is 29.2 Å². The van der Waals surface area contributed by atoms with E-state index in [0.717, 1.165) is 30.6 Å². The number of alkyl halides is 3. The van der Waals surface area contributed by atoms with E-state index in [4.69, 9.17) is 5.73 Å². The Balaban J connectivity index is 1.44. The molecule has 2 aliphatic rings. The molecule has 0 saturated carbocycles. The molecule has 2 N–H and O–H groups in total. The number of halogens is 3. The Kier molecular flexibility index (Phi) is 6.89. The van der Waals surface area contributed by atoms with Crippen LogP contribution in [0, 0.1) is 0 Å². The fourth-order valence-electron chi connectivity index (χ4n) is 5.05. The lowest BCUT2D eigenvalue weighted by Gasteiger charge is -2.28. The fourth-order valence-corrected chi connectivity index (χ4v) is 5.05. The number of nitrogens with two attached hydrogens (primary N) is 1. The molecule has 2 aromatic carbocycles. The first-order chi connectivity index (χ1) is 18.5. The first-order valence-electron chi connectivity index (χ1n) is 12.5. The van der Waals surface area contributed by atoms with Gasteiger partial charge < -0.3 is 15.5 Å². The van der Waals surface area contributed by atoms with Crippen molar-refractivity contribution in [1.82, 2.24) is 14.7 Å². The molecule has 1 aromatic heterocycles. The summed E-state index contributed by atoms with van der Waals surface area (Å²) in [6.07, 6.45) is -2.68. The highest BCUT2D eigenvalue weighted by atomic mass is 19.4. The topological polar surface area (TPSA) is 105 Å². The molecular formula is C27H27F3N6O3. The Morgan fingerprint density at radius 2 is 1.72 bits per heavy atom. The normalized spacial score (nSPS) is 15.9. The minimum Gasteiger partial charge on any atom is -0.366 e. The van der Waals surface area contributed by atoms with E-state index in [-0.39, 0.29) is 41.4 Å². The molecule has 0 spiro atoms. The largest absolute Gasteiger partial charge is 0.435 e. The fraction of sp³-hybridized carbons (Fsp3) is 0.333. The lowest BCUT2D eigenvalue weighted by molar-refractivity contribution is -0.142. The average molecular weight is 541 g/mol. The zero-order chi connectivity index (χ0) is 27.9. The van der Waals surface area contributed by atoms with Gasteiger partial charge in [-0.05, 0) is 74.8 Å². The number of rotatable bonds is 6. The van der Waals surface area contributed by atoms with E-state index in [1.807, 2.05) is 0 Å². The standard InChI is InChI=1S/C27H27F3N6O3/c1-33(22(37)16-34-12-2-3-13-34)18-7-9-19(10-8-18)35-14-11-21-23(26(35)39)36(32-24(21)27(28,29)30)20-6-4-5-17(15-20)25(31)38/h4-10,15H,2-3,11-14,16H2,1H3,(H2,31,38). The number of aromatic nitrogens is 2. The molecule has 9 nitrogen and oxygen atoms in total. The molecule has 0 bridgehead atoms. The molecule has 1 fully saturated rings. The van der Waals surface area contributed by atoms with Gasteiger partial charge in [-0.2, -0.15) is 18.3 Å². The third-order valence-electron chi connectivity index (χ3n) is 7.14. The molecule has 12 heteroatoms.